The molecule has 3 nitrogen and oxygen atoms in total. The van der Waals surface area contributed by atoms with E-state index in [0.29, 0.717) is 12.2 Å². The van der Waals surface area contributed by atoms with Crippen molar-refractivity contribution in [1.82, 2.24) is 0 Å². The van der Waals surface area contributed by atoms with Crippen LogP contribution in [-0.4, -0.2) is 30.4 Å². The van der Waals surface area contributed by atoms with Crippen molar-refractivity contribution in [2.45, 2.75) is 20.3 Å². The summed E-state index contributed by atoms with van der Waals surface area (Å²) in [6.45, 7) is 3.87. The highest BCUT2D eigenvalue weighted by molar-refractivity contribution is 8.76. The number of carbonyl (C=O) groups is 2. The van der Waals surface area contributed by atoms with Gasteiger partial charge in [0.1, 0.15) is 5.78 Å². The molecule has 1 unspecified atom stereocenters. The Bertz CT molecular complexity index is 263. The summed E-state index contributed by atoms with van der Waals surface area (Å²) in [5.41, 5.74) is -0.329. The first-order chi connectivity index (χ1) is 6.97. The minimum atomic E-state index is -0.329. The number of rotatable bonds is 1. The molecule has 0 spiro atoms. The van der Waals surface area contributed by atoms with Crippen LogP contribution in [-0.2, 0) is 14.3 Å². The topological polar surface area (TPSA) is 43.4 Å². The highest BCUT2D eigenvalue weighted by Crippen LogP contribution is 2.37. The Morgan fingerprint density at radius 1 is 1.47 bits per heavy atom. The molecule has 0 bridgehead atoms. The van der Waals surface area contributed by atoms with Gasteiger partial charge in [0.15, 0.2) is 0 Å². The van der Waals surface area contributed by atoms with Crippen molar-refractivity contribution in [3.05, 3.63) is 0 Å². The zero-order chi connectivity index (χ0) is 11.5. The second-order valence-corrected chi connectivity index (χ2v) is 6.79. The number of ketones is 1. The Morgan fingerprint density at radius 3 is 2.73 bits per heavy atom. The maximum atomic E-state index is 11.9. The average Bonchev–Trinajstić information content (AvgIpc) is 2.19. The Hall–Kier alpha value is -0.160. The van der Waals surface area contributed by atoms with Gasteiger partial charge in [-0.15, -0.1) is 0 Å². The minimum Gasteiger partial charge on any atom is -0.469 e. The molecule has 15 heavy (non-hydrogen) atoms. The summed E-state index contributed by atoms with van der Waals surface area (Å²) in [6, 6.07) is 0. The van der Waals surface area contributed by atoms with Crippen molar-refractivity contribution in [3.63, 3.8) is 0 Å². The molecular weight excluding hydrogens is 232 g/mol. The SMILES string of the molecule is COC(=O)C1CSSCC(C)(C)C(=O)C1. The molecule has 86 valence electrons. The molecule has 0 aliphatic carbocycles. The quantitative estimate of drug-likeness (QED) is 0.525. The van der Waals surface area contributed by atoms with Crippen molar-refractivity contribution in [2.75, 3.05) is 18.6 Å². The molecule has 0 saturated carbocycles. The summed E-state index contributed by atoms with van der Waals surface area (Å²) in [5, 5.41) is 0. The molecule has 0 radical (unpaired) electrons. The number of ether oxygens (including phenoxy) is 1. The lowest BCUT2D eigenvalue weighted by Crippen LogP contribution is -2.33. The molecule has 1 aliphatic heterocycles. The molecule has 1 aliphatic rings. The first kappa shape index (κ1) is 12.9. The highest BCUT2D eigenvalue weighted by atomic mass is 33.1. The largest absolute Gasteiger partial charge is 0.469 e. The van der Waals surface area contributed by atoms with Crippen LogP contribution in [0.25, 0.3) is 0 Å². The molecule has 0 aromatic carbocycles. The van der Waals surface area contributed by atoms with E-state index in [0.717, 1.165) is 5.75 Å². The second-order valence-electron chi connectivity index (χ2n) is 4.28. The predicted octanol–water partition coefficient (Wildman–Crippen LogP) is 2.16. The molecule has 1 saturated heterocycles. The molecule has 1 heterocycles. The summed E-state index contributed by atoms with van der Waals surface area (Å²) >= 11 is 0. The van der Waals surface area contributed by atoms with Crippen LogP contribution in [0, 0.1) is 11.3 Å². The van der Waals surface area contributed by atoms with Gasteiger partial charge in [-0.1, -0.05) is 35.4 Å². The van der Waals surface area contributed by atoms with Crippen LogP contribution in [0.3, 0.4) is 0 Å². The van der Waals surface area contributed by atoms with Gasteiger partial charge < -0.3 is 4.74 Å². The van der Waals surface area contributed by atoms with Gasteiger partial charge in [-0.2, -0.15) is 0 Å². The lowest BCUT2D eigenvalue weighted by atomic mass is 9.85. The Morgan fingerprint density at radius 2 is 2.13 bits per heavy atom. The third kappa shape index (κ3) is 3.41. The van der Waals surface area contributed by atoms with Crippen LogP contribution in [0.15, 0.2) is 0 Å². The van der Waals surface area contributed by atoms with E-state index in [1.807, 2.05) is 13.8 Å². The van der Waals surface area contributed by atoms with E-state index in [9.17, 15) is 9.59 Å². The van der Waals surface area contributed by atoms with E-state index in [-0.39, 0.29) is 23.1 Å². The number of Topliss-reactive ketones (excluding diaryl/α,β-unsaturated/α-hetero) is 1. The smallest absolute Gasteiger partial charge is 0.309 e. The number of esters is 1. The highest BCUT2D eigenvalue weighted by Gasteiger charge is 2.34. The Balaban J connectivity index is 2.70. The molecule has 0 aromatic rings. The first-order valence-electron chi connectivity index (χ1n) is 4.83. The van der Waals surface area contributed by atoms with E-state index < -0.39 is 0 Å². The van der Waals surface area contributed by atoms with Gasteiger partial charge in [0.25, 0.3) is 0 Å². The van der Waals surface area contributed by atoms with Crippen molar-refractivity contribution < 1.29 is 14.3 Å². The Labute approximate surface area is 98.1 Å². The van der Waals surface area contributed by atoms with Gasteiger partial charge in [-0.25, -0.2) is 0 Å². The third-order valence-corrected chi connectivity index (χ3v) is 5.30. The summed E-state index contributed by atoms with van der Waals surface area (Å²) in [7, 11) is 4.68. The van der Waals surface area contributed by atoms with Crippen LogP contribution in [0.4, 0.5) is 0 Å². The minimum absolute atomic E-state index is 0.158. The lowest BCUT2D eigenvalue weighted by Gasteiger charge is -2.27. The van der Waals surface area contributed by atoms with Crippen molar-refractivity contribution in [3.8, 4) is 0 Å². The first-order valence-corrected chi connectivity index (χ1v) is 7.31. The van der Waals surface area contributed by atoms with Crippen molar-refractivity contribution >= 4 is 33.3 Å². The van der Waals surface area contributed by atoms with E-state index in [1.165, 1.54) is 7.11 Å². The molecule has 0 amide bonds. The molecule has 0 aromatic heterocycles. The van der Waals surface area contributed by atoms with E-state index >= 15 is 0 Å². The van der Waals surface area contributed by atoms with Crippen LogP contribution in [0.2, 0.25) is 0 Å². The standard InChI is InChI=1S/C10H16O3S2/c1-10(2)6-15-14-5-7(4-8(10)11)9(12)13-3/h7H,4-6H2,1-3H3. The van der Waals surface area contributed by atoms with Gasteiger partial charge in [0.2, 0.25) is 0 Å². The summed E-state index contributed by atoms with van der Waals surface area (Å²) in [4.78, 5) is 23.3. The molecule has 1 rings (SSSR count). The van der Waals surface area contributed by atoms with Gasteiger partial charge in [0, 0.05) is 23.3 Å². The van der Waals surface area contributed by atoms with E-state index in [4.69, 9.17) is 0 Å². The van der Waals surface area contributed by atoms with Gasteiger partial charge in [-0.05, 0) is 0 Å². The fraction of sp³-hybridized carbons (Fsp3) is 0.800. The zero-order valence-corrected chi connectivity index (χ0v) is 10.9. The number of hydrogen-bond acceptors (Lipinski definition) is 5. The number of methoxy groups -OCH3 is 1. The molecule has 1 atom stereocenters. The number of carbonyl (C=O) groups excluding carboxylic acids is 2. The molecule has 0 N–H and O–H groups in total. The van der Waals surface area contributed by atoms with E-state index in [2.05, 4.69) is 4.74 Å². The molecular formula is C10H16O3S2. The molecule has 5 heteroatoms. The monoisotopic (exact) mass is 248 g/mol. The maximum absolute atomic E-state index is 11.9. The summed E-state index contributed by atoms with van der Waals surface area (Å²) in [5.74, 6) is 1.09. The van der Waals surface area contributed by atoms with Gasteiger partial charge in [-0.3, -0.25) is 9.59 Å². The van der Waals surface area contributed by atoms with Crippen molar-refractivity contribution in [2.24, 2.45) is 11.3 Å². The lowest BCUT2D eigenvalue weighted by molar-refractivity contribution is -0.147. The fourth-order valence-electron chi connectivity index (χ4n) is 1.28. The predicted molar refractivity (Wildman–Crippen MR) is 63.8 cm³/mol. The molecule has 1 fully saturated rings. The third-order valence-electron chi connectivity index (χ3n) is 2.49. The van der Waals surface area contributed by atoms with Gasteiger partial charge >= 0.3 is 5.97 Å². The van der Waals surface area contributed by atoms with Crippen molar-refractivity contribution in [1.29, 1.82) is 0 Å². The number of hydrogen-bond donors (Lipinski definition) is 0. The van der Waals surface area contributed by atoms with Crippen LogP contribution >= 0.6 is 21.6 Å². The maximum Gasteiger partial charge on any atom is 0.309 e. The van der Waals surface area contributed by atoms with Crippen LogP contribution < -0.4 is 0 Å². The summed E-state index contributed by atoms with van der Waals surface area (Å²) < 4.78 is 4.69. The second kappa shape index (κ2) is 5.25. The van der Waals surface area contributed by atoms with Gasteiger partial charge in [0.05, 0.1) is 13.0 Å². The zero-order valence-electron chi connectivity index (χ0n) is 9.24. The fourth-order valence-corrected chi connectivity index (χ4v) is 4.25. The average molecular weight is 248 g/mol. The summed E-state index contributed by atoms with van der Waals surface area (Å²) in [6.07, 6.45) is 0.313. The normalized spacial score (nSPS) is 26.6. The Kier molecular flexibility index (Phi) is 4.52. The van der Waals surface area contributed by atoms with Crippen LogP contribution in [0.5, 0.6) is 0 Å². The van der Waals surface area contributed by atoms with Crippen LogP contribution in [0.1, 0.15) is 20.3 Å². The van der Waals surface area contributed by atoms with E-state index in [1.54, 1.807) is 21.6 Å².